The Morgan fingerprint density at radius 3 is 2.81 bits per heavy atom. The number of pyridine rings is 2. The first kappa shape index (κ1) is 10.9. The lowest BCUT2D eigenvalue weighted by Crippen LogP contribution is -2.02. The molecule has 0 atom stereocenters. The molecular weight excluding hydrogens is 222 g/mol. The molecular formula is C12H12ClN3. The topological polar surface area (TPSA) is 37.8 Å². The third kappa shape index (κ3) is 2.70. The Morgan fingerprint density at radius 1 is 1.25 bits per heavy atom. The molecule has 2 aromatic heterocycles. The summed E-state index contributed by atoms with van der Waals surface area (Å²) in [5.41, 5.74) is 2.21. The first-order valence-electron chi connectivity index (χ1n) is 5.01. The van der Waals surface area contributed by atoms with Crippen molar-refractivity contribution in [2.45, 2.75) is 13.5 Å². The molecule has 2 heterocycles. The van der Waals surface area contributed by atoms with Crippen molar-refractivity contribution in [3.05, 3.63) is 52.9 Å². The number of aryl methyl sites for hydroxylation is 1. The smallest absolute Gasteiger partial charge is 0.129 e. The van der Waals surface area contributed by atoms with Gasteiger partial charge in [0.15, 0.2) is 0 Å². The third-order valence-electron chi connectivity index (χ3n) is 2.26. The number of rotatable bonds is 3. The van der Waals surface area contributed by atoms with Gasteiger partial charge in [0.05, 0.1) is 0 Å². The monoisotopic (exact) mass is 233 g/mol. The van der Waals surface area contributed by atoms with Gasteiger partial charge in [-0.25, -0.2) is 9.97 Å². The molecule has 82 valence electrons. The van der Waals surface area contributed by atoms with E-state index in [1.54, 1.807) is 18.5 Å². The number of nitrogens with zero attached hydrogens (tertiary/aromatic N) is 2. The molecule has 0 aliphatic carbocycles. The summed E-state index contributed by atoms with van der Waals surface area (Å²) in [6.07, 6.45) is 3.53. The molecule has 0 aliphatic rings. The van der Waals surface area contributed by atoms with Crippen molar-refractivity contribution in [1.29, 1.82) is 0 Å². The summed E-state index contributed by atoms with van der Waals surface area (Å²) in [6, 6.07) is 7.67. The van der Waals surface area contributed by atoms with Gasteiger partial charge >= 0.3 is 0 Å². The van der Waals surface area contributed by atoms with E-state index >= 15 is 0 Å². The Kier molecular flexibility index (Phi) is 3.37. The maximum absolute atomic E-state index is 5.71. The second-order valence-electron chi connectivity index (χ2n) is 3.51. The minimum absolute atomic E-state index is 0.512. The summed E-state index contributed by atoms with van der Waals surface area (Å²) in [7, 11) is 0. The summed E-state index contributed by atoms with van der Waals surface area (Å²) in [6.45, 7) is 2.72. The number of hydrogen-bond donors (Lipinski definition) is 1. The molecule has 2 aromatic rings. The van der Waals surface area contributed by atoms with E-state index < -0.39 is 0 Å². The van der Waals surface area contributed by atoms with Crippen molar-refractivity contribution in [3.8, 4) is 0 Å². The number of nitrogens with one attached hydrogen (secondary N) is 1. The van der Waals surface area contributed by atoms with Gasteiger partial charge in [-0.15, -0.1) is 0 Å². The molecule has 0 amide bonds. The van der Waals surface area contributed by atoms with Crippen molar-refractivity contribution in [2.75, 3.05) is 5.32 Å². The average molecular weight is 234 g/mol. The van der Waals surface area contributed by atoms with Crippen LogP contribution in [-0.4, -0.2) is 9.97 Å². The Bertz CT molecular complexity index is 468. The highest BCUT2D eigenvalue weighted by molar-refractivity contribution is 6.29. The molecule has 16 heavy (non-hydrogen) atoms. The lowest BCUT2D eigenvalue weighted by atomic mass is 10.2. The molecule has 1 N–H and O–H groups in total. The fourth-order valence-electron chi connectivity index (χ4n) is 1.37. The summed E-state index contributed by atoms with van der Waals surface area (Å²) in [4.78, 5) is 8.27. The summed E-state index contributed by atoms with van der Waals surface area (Å²) >= 11 is 5.71. The molecule has 0 saturated heterocycles. The number of aromatic nitrogens is 2. The number of halogens is 1. The van der Waals surface area contributed by atoms with Crippen LogP contribution in [0.4, 0.5) is 5.82 Å². The Morgan fingerprint density at radius 2 is 2.12 bits per heavy atom. The number of hydrogen-bond acceptors (Lipinski definition) is 3. The first-order valence-corrected chi connectivity index (χ1v) is 5.39. The quantitative estimate of drug-likeness (QED) is 0.828. The van der Waals surface area contributed by atoms with Crippen molar-refractivity contribution >= 4 is 17.4 Å². The van der Waals surface area contributed by atoms with Gasteiger partial charge in [0.2, 0.25) is 0 Å². The molecule has 0 aromatic carbocycles. The van der Waals surface area contributed by atoms with Crippen molar-refractivity contribution in [1.82, 2.24) is 9.97 Å². The maximum atomic E-state index is 5.71. The SMILES string of the molecule is Cc1cccnc1NCc1ccc(Cl)nc1. The van der Waals surface area contributed by atoms with Crippen molar-refractivity contribution in [3.63, 3.8) is 0 Å². The van der Waals surface area contributed by atoms with E-state index in [0.717, 1.165) is 16.9 Å². The molecule has 0 fully saturated rings. The lowest BCUT2D eigenvalue weighted by Gasteiger charge is -2.07. The fourth-order valence-corrected chi connectivity index (χ4v) is 1.48. The fraction of sp³-hybridized carbons (Fsp3) is 0.167. The van der Waals surface area contributed by atoms with Crippen LogP contribution in [0.3, 0.4) is 0 Å². The summed E-state index contributed by atoms with van der Waals surface area (Å²) in [5.74, 6) is 0.900. The third-order valence-corrected chi connectivity index (χ3v) is 2.48. The van der Waals surface area contributed by atoms with Crippen LogP contribution in [0.2, 0.25) is 5.15 Å². The van der Waals surface area contributed by atoms with Crippen LogP contribution in [-0.2, 0) is 6.54 Å². The van der Waals surface area contributed by atoms with Crippen LogP contribution in [0.15, 0.2) is 36.7 Å². The van der Waals surface area contributed by atoms with Crippen LogP contribution in [0.5, 0.6) is 0 Å². The minimum Gasteiger partial charge on any atom is -0.366 e. The molecule has 0 bridgehead atoms. The number of anilines is 1. The predicted molar refractivity (Wildman–Crippen MR) is 65.5 cm³/mol. The van der Waals surface area contributed by atoms with Crippen molar-refractivity contribution < 1.29 is 0 Å². The van der Waals surface area contributed by atoms with Gasteiger partial charge in [-0.1, -0.05) is 23.7 Å². The predicted octanol–water partition coefficient (Wildman–Crippen LogP) is 3.05. The average Bonchev–Trinajstić information content (AvgIpc) is 2.30. The van der Waals surface area contributed by atoms with Crippen LogP contribution in [0.25, 0.3) is 0 Å². The summed E-state index contributed by atoms with van der Waals surface area (Å²) < 4.78 is 0. The van der Waals surface area contributed by atoms with Gasteiger partial charge in [-0.2, -0.15) is 0 Å². The van der Waals surface area contributed by atoms with E-state index in [-0.39, 0.29) is 0 Å². The van der Waals surface area contributed by atoms with Crippen LogP contribution < -0.4 is 5.32 Å². The van der Waals surface area contributed by atoms with E-state index in [0.29, 0.717) is 11.7 Å². The Hall–Kier alpha value is -1.61. The van der Waals surface area contributed by atoms with Gasteiger partial charge in [0, 0.05) is 18.9 Å². The van der Waals surface area contributed by atoms with Gasteiger partial charge in [-0.05, 0) is 30.2 Å². The molecule has 0 radical (unpaired) electrons. The van der Waals surface area contributed by atoms with Crippen LogP contribution >= 0.6 is 11.6 Å². The maximum Gasteiger partial charge on any atom is 0.129 e. The van der Waals surface area contributed by atoms with Crippen molar-refractivity contribution in [2.24, 2.45) is 0 Å². The Balaban J connectivity index is 2.02. The zero-order valence-electron chi connectivity index (χ0n) is 8.94. The van der Waals surface area contributed by atoms with E-state index in [9.17, 15) is 0 Å². The molecule has 0 unspecified atom stereocenters. The normalized spacial score (nSPS) is 10.1. The van der Waals surface area contributed by atoms with Gasteiger partial charge in [-0.3, -0.25) is 0 Å². The highest BCUT2D eigenvalue weighted by Gasteiger charge is 1.98. The first-order chi connectivity index (χ1) is 7.75. The van der Waals surface area contributed by atoms with Gasteiger partial charge in [0.1, 0.15) is 11.0 Å². The van der Waals surface area contributed by atoms with Gasteiger partial charge < -0.3 is 5.32 Å². The minimum atomic E-state index is 0.512. The second-order valence-corrected chi connectivity index (χ2v) is 3.90. The van der Waals surface area contributed by atoms with E-state index in [1.807, 2.05) is 25.1 Å². The highest BCUT2D eigenvalue weighted by Crippen LogP contribution is 2.11. The molecule has 0 aliphatic heterocycles. The molecule has 3 nitrogen and oxygen atoms in total. The van der Waals surface area contributed by atoms with Crippen LogP contribution in [0.1, 0.15) is 11.1 Å². The highest BCUT2D eigenvalue weighted by atomic mass is 35.5. The molecule has 2 rings (SSSR count). The van der Waals surface area contributed by atoms with E-state index in [4.69, 9.17) is 11.6 Å². The Labute approximate surface area is 99.5 Å². The molecule has 4 heteroatoms. The molecule has 0 spiro atoms. The molecule has 0 saturated carbocycles. The van der Waals surface area contributed by atoms with E-state index in [1.165, 1.54) is 0 Å². The summed E-state index contributed by atoms with van der Waals surface area (Å²) in [5, 5.41) is 3.77. The largest absolute Gasteiger partial charge is 0.366 e. The van der Waals surface area contributed by atoms with Gasteiger partial charge in [0.25, 0.3) is 0 Å². The van der Waals surface area contributed by atoms with Crippen LogP contribution in [0, 0.1) is 6.92 Å². The van der Waals surface area contributed by atoms with E-state index in [2.05, 4.69) is 15.3 Å². The lowest BCUT2D eigenvalue weighted by molar-refractivity contribution is 1.08. The zero-order valence-corrected chi connectivity index (χ0v) is 9.70. The second kappa shape index (κ2) is 4.94. The zero-order chi connectivity index (χ0) is 11.4. The standard InChI is InChI=1S/C12H12ClN3/c1-9-3-2-6-14-12(9)16-8-10-4-5-11(13)15-7-10/h2-7H,8H2,1H3,(H,14,16).